The summed E-state index contributed by atoms with van der Waals surface area (Å²) in [6.45, 7) is 4.56. The highest BCUT2D eigenvalue weighted by Crippen LogP contribution is 2.18. The van der Waals surface area contributed by atoms with E-state index < -0.39 is 0 Å². The molecule has 1 aromatic carbocycles. The highest BCUT2D eigenvalue weighted by Gasteiger charge is 2.15. The monoisotopic (exact) mass is 317 g/mol. The SMILES string of the molecule is O=C(Nc1ccc(CN2CCOCC2)cc1)NC1CCCCC1. The van der Waals surface area contributed by atoms with Crippen LogP contribution in [0.2, 0.25) is 0 Å². The van der Waals surface area contributed by atoms with E-state index in [1.165, 1.54) is 24.8 Å². The van der Waals surface area contributed by atoms with Crippen molar-refractivity contribution in [2.75, 3.05) is 31.6 Å². The molecule has 2 aliphatic rings. The molecule has 1 heterocycles. The van der Waals surface area contributed by atoms with Crippen molar-refractivity contribution >= 4 is 11.7 Å². The van der Waals surface area contributed by atoms with E-state index in [4.69, 9.17) is 4.74 Å². The van der Waals surface area contributed by atoms with E-state index >= 15 is 0 Å². The highest BCUT2D eigenvalue weighted by atomic mass is 16.5. The zero-order chi connectivity index (χ0) is 15.9. The number of carbonyl (C=O) groups is 1. The maximum atomic E-state index is 12.0. The molecule has 5 nitrogen and oxygen atoms in total. The predicted molar refractivity (Wildman–Crippen MR) is 91.6 cm³/mol. The van der Waals surface area contributed by atoms with Gasteiger partial charge in [0.25, 0.3) is 0 Å². The van der Waals surface area contributed by atoms with Gasteiger partial charge in [0.2, 0.25) is 0 Å². The van der Waals surface area contributed by atoms with Crippen LogP contribution in [0, 0.1) is 0 Å². The van der Waals surface area contributed by atoms with Crippen LogP contribution in [-0.2, 0) is 11.3 Å². The van der Waals surface area contributed by atoms with E-state index in [1.807, 2.05) is 12.1 Å². The molecule has 1 aliphatic heterocycles. The molecule has 0 atom stereocenters. The maximum Gasteiger partial charge on any atom is 0.319 e. The fourth-order valence-electron chi connectivity index (χ4n) is 3.31. The number of amides is 2. The number of morpholine rings is 1. The zero-order valence-corrected chi connectivity index (χ0v) is 13.7. The van der Waals surface area contributed by atoms with Gasteiger partial charge in [-0.3, -0.25) is 4.90 Å². The summed E-state index contributed by atoms with van der Waals surface area (Å²) in [5.74, 6) is 0. The number of rotatable bonds is 4. The van der Waals surface area contributed by atoms with Crippen LogP contribution >= 0.6 is 0 Å². The van der Waals surface area contributed by atoms with Gasteiger partial charge >= 0.3 is 6.03 Å². The van der Waals surface area contributed by atoms with Gasteiger partial charge in [-0.15, -0.1) is 0 Å². The molecule has 3 rings (SSSR count). The van der Waals surface area contributed by atoms with Gasteiger partial charge in [0.15, 0.2) is 0 Å². The molecule has 126 valence electrons. The van der Waals surface area contributed by atoms with Gasteiger partial charge in [0.1, 0.15) is 0 Å². The number of anilines is 1. The molecule has 0 aromatic heterocycles. The second kappa shape index (κ2) is 8.31. The second-order valence-electron chi connectivity index (χ2n) is 6.52. The molecular formula is C18H27N3O2. The van der Waals surface area contributed by atoms with Gasteiger partial charge in [-0.2, -0.15) is 0 Å². The first-order chi connectivity index (χ1) is 11.3. The Balaban J connectivity index is 1.45. The van der Waals surface area contributed by atoms with E-state index in [0.717, 1.165) is 51.4 Å². The lowest BCUT2D eigenvalue weighted by molar-refractivity contribution is 0.0342. The molecule has 1 aliphatic carbocycles. The average molecular weight is 317 g/mol. The molecule has 1 saturated heterocycles. The van der Waals surface area contributed by atoms with E-state index in [0.29, 0.717) is 6.04 Å². The smallest absolute Gasteiger partial charge is 0.319 e. The Morgan fingerprint density at radius 2 is 1.78 bits per heavy atom. The molecule has 0 radical (unpaired) electrons. The number of hydrogen-bond donors (Lipinski definition) is 2. The number of ether oxygens (including phenoxy) is 1. The Bertz CT molecular complexity index is 491. The van der Waals surface area contributed by atoms with Crippen molar-refractivity contribution in [3.63, 3.8) is 0 Å². The molecule has 0 spiro atoms. The Hall–Kier alpha value is -1.59. The summed E-state index contributed by atoms with van der Waals surface area (Å²) in [4.78, 5) is 14.4. The van der Waals surface area contributed by atoms with Gasteiger partial charge < -0.3 is 15.4 Å². The topological polar surface area (TPSA) is 53.6 Å². The molecule has 1 saturated carbocycles. The summed E-state index contributed by atoms with van der Waals surface area (Å²) >= 11 is 0. The zero-order valence-electron chi connectivity index (χ0n) is 13.7. The van der Waals surface area contributed by atoms with Crippen molar-refractivity contribution in [2.24, 2.45) is 0 Å². The van der Waals surface area contributed by atoms with E-state index in [9.17, 15) is 4.79 Å². The molecule has 2 fully saturated rings. The predicted octanol–water partition coefficient (Wildman–Crippen LogP) is 2.97. The van der Waals surface area contributed by atoms with Crippen LogP contribution in [0.1, 0.15) is 37.7 Å². The summed E-state index contributed by atoms with van der Waals surface area (Å²) in [5, 5.41) is 6.01. The Labute approximate surface area is 138 Å². The lowest BCUT2D eigenvalue weighted by atomic mass is 9.96. The van der Waals surface area contributed by atoms with Crippen molar-refractivity contribution in [1.29, 1.82) is 0 Å². The normalized spacial score (nSPS) is 20.2. The maximum absolute atomic E-state index is 12.0. The minimum Gasteiger partial charge on any atom is -0.379 e. The summed E-state index contributed by atoms with van der Waals surface area (Å²) in [7, 11) is 0. The molecule has 0 bridgehead atoms. The molecule has 5 heteroatoms. The molecule has 2 amide bonds. The summed E-state index contributed by atoms with van der Waals surface area (Å²) in [5.41, 5.74) is 2.12. The van der Waals surface area contributed by atoms with Crippen LogP contribution in [0.4, 0.5) is 10.5 Å². The third-order valence-electron chi connectivity index (χ3n) is 4.66. The lowest BCUT2D eigenvalue weighted by Crippen LogP contribution is -2.39. The Kier molecular flexibility index (Phi) is 5.88. The largest absolute Gasteiger partial charge is 0.379 e. The summed E-state index contributed by atoms with van der Waals surface area (Å²) < 4.78 is 5.37. The van der Waals surface area contributed by atoms with Crippen LogP contribution in [0.5, 0.6) is 0 Å². The number of hydrogen-bond acceptors (Lipinski definition) is 3. The van der Waals surface area contributed by atoms with Crippen molar-refractivity contribution in [3.8, 4) is 0 Å². The van der Waals surface area contributed by atoms with Gasteiger partial charge in [0.05, 0.1) is 13.2 Å². The van der Waals surface area contributed by atoms with Crippen LogP contribution in [0.15, 0.2) is 24.3 Å². The number of nitrogens with one attached hydrogen (secondary N) is 2. The average Bonchev–Trinajstić information content (AvgIpc) is 2.58. The van der Waals surface area contributed by atoms with Crippen molar-refractivity contribution in [3.05, 3.63) is 29.8 Å². The van der Waals surface area contributed by atoms with Crippen LogP contribution in [0.3, 0.4) is 0 Å². The van der Waals surface area contributed by atoms with Gasteiger partial charge in [-0.1, -0.05) is 31.4 Å². The Morgan fingerprint density at radius 1 is 1.09 bits per heavy atom. The summed E-state index contributed by atoms with van der Waals surface area (Å²) in [6, 6.07) is 8.39. The number of carbonyl (C=O) groups excluding carboxylic acids is 1. The fourth-order valence-corrected chi connectivity index (χ4v) is 3.31. The molecule has 1 aromatic rings. The van der Waals surface area contributed by atoms with Crippen LogP contribution in [-0.4, -0.2) is 43.3 Å². The number of nitrogens with zero attached hydrogens (tertiary/aromatic N) is 1. The van der Waals surface area contributed by atoms with Crippen molar-refractivity contribution in [2.45, 2.75) is 44.7 Å². The molecule has 2 N–H and O–H groups in total. The standard InChI is InChI=1S/C18H27N3O2/c22-18(19-16-4-2-1-3-5-16)20-17-8-6-15(7-9-17)14-21-10-12-23-13-11-21/h6-9,16H,1-5,10-14H2,(H2,19,20,22). The third-order valence-corrected chi connectivity index (χ3v) is 4.66. The molecular weight excluding hydrogens is 290 g/mol. The van der Waals surface area contributed by atoms with E-state index in [2.05, 4.69) is 27.7 Å². The van der Waals surface area contributed by atoms with Gasteiger partial charge in [-0.05, 0) is 30.5 Å². The lowest BCUT2D eigenvalue weighted by Gasteiger charge is -2.26. The minimum atomic E-state index is -0.0853. The Morgan fingerprint density at radius 3 is 2.48 bits per heavy atom. The fraction of sp³-hybridized carbons (Fsp3) is 0.611. The first-order valence-electron chi connectivity index (χ1n) is 8.76. The minimum absolute atomic E-state index is 0.0853. The van der Waals surface area contributed by atoms with Crippen molar-refractivity contribution < 1.29 is 9.53 Å². The van der Waals surface area contributed by atoms with Crippen molar-refractivity contribution in [1.82, 2.24) is 10.2 Å². The number of benzene rings is 1. The van der Waals surface area contributed by atoms with Crippen LogP contribution < -0.4 is 10.6 Å². The first-order valence-corrected chi connectivity index (χ1v) is 8.76. The van der Waals surface area contributed by atoms with Crippen LogP contribution in [0.25, 0.3) is 0 Å². The first kappa shape index (κ1) is 16.3. The van der Waals surface area contributed by atoms with Gasteiger partial charge in [0, 0.05) is 31.4 Å². The van der Waals surface area contributed by atoms with Gasteiger partial charge in [-0.25, -0.2) is 4.79 Å². The summed E-state index contributed by atoms with van der Waals surface area (Å²) in [6.07, 6.45) is 5.95. The second-order valence-corrected chi connectivity index (χ2v) is 6.52. The number of urea groups is 1. The van der Waals surface area contributed by atoms with E-state index in [1.54, 1.807) is 0 Å². The highest BCUT2D eigenvalue weighted by molar-refractivity contribution is 5.89. The molecule has 23 heavy (non-hydrogen) atoms. The quantitative estimate of drug-likeness (QED) is 0.897. The third kappa shape index (κ3) is 5.22. The van der Waals surface area contributed by atoms with E-state index in [-0.39, 0.29) is 6.03 Å². The molecule has 0 unspecified atom stereocenters.